The molecule has 0 spiro atoms. The molecule has 0 amide bonds. The van der Waals surface area contributed by atoms with Crippen molar-refractivity contribution in [2.75, 3.05) is 0 Å². The number of aliphatic hydroxyl groups excluding tert-OH is 1. The van der Waals surface area contributed by atoms with Gasteiger partial charge in [-0.05, 0) is 24.1 Å². The van der Waals surface area contributed by atoms with E-state index >= 15 is 0 Å². The molecule has 0 atom stereocenters. The topological polar surface area (TPSA) is 75.4 Å². The van der Waals surface area contributed by atoms with Crippen LogP contribution in [0.5, 0.6) is 0 Å². The summed E-state index contributed by atoms with van der Waals surface area (Å²) in [6.45, 7) is 2.43. The Kier molecular flexibility index (Phi) is 5.42. The lowest BCUT2D eigenvalue weighted by Crippen LogP contribution is -2.09. The van der Waals surface area contributed by atoms with E-state index in [0.29, 0.717) is 23.0 Å². The van der Waals surface area contributed by atoms with Crippen molar-refractivity contribution in [3.05, 3.63) is 51.4 Å². The van der Waals surface area contributed by atoms with E-state index in [1.165, 1.54) is 11.3 Å². The number of hydrogen-bond acceptors (Lipinski definition) is 4. The van der Waals surface area contributed by atoms with Gasteiger partial charge in [0.2, 0.25) is 0 Å². The molecule has 132 valence electrons. The van der Waals surface area contributed by atoms with Crippen LogP contribution in [-0.2, 0) is 19.6 Å². The highest BCUT2D eigenvalue weighted by atomic mass is 35.5. The summed E-state index contributed by atoms with van der Waals surface area (Å²) in [5, 5.41) is 21.7. The predicted molar refractivity (Wildman–Crippen MR) is 99.7 cm³/mol. The van der Waals surface area contributed by atoms with Gasteiger partial charge in [-0.15, -0.1) is 11.3 Å². The molecule has 2 aromatic heterocycles. The van der Waals surface area contributed by atoms with E-state index in [0.717, 1.165) is 40.7 Å². The summed E-state index contributed by atoms with van der Waals surface area (Å²) in [4.78, 5) is 15.8. The first-order valence-corrected chi connectivity index (χ1v) is 9.39. The molecule has 3 rings (SSSR count). The van der Waals surface area contributed by atoms with Gasteiger partial charge in [0.1, 0.15) is 5.82 Å². The number of carboxylic acid groups (broad SMARTS) is 1. The van der Waals surface area contributed by atoms with Crippen molar-refractivity contribution in [3.63, 3.8) is 0 Å². The average molecular weight is 379 g/mol. The minimum Gasteiger partial charge on any atom is -0.478 e. The number of aryl methyl sites for hydroxylation is 1. The number of fused-ring (bicyclic) bond motifs is 1. The molecule has 1 aromatic carbocycles. The van der Waals surface area contributed by atoms with Crippen LogP contribution in [0.15, 0.2) is 23.6 Å². The molecule has 0 bridgehead atoms. The largest absolute Gasteiger partial charge is 0.478 e. The number of carbonyl (C=O) groups is 1. The SMILES string of the molecule is CCCCc1nc(Cl)c(CO)n1Cc1ccc2scc(C(=O)O)c2c1. The molecule has 0 fully saturated rings. The highest BCUT2D eigenvalue weighted by Gasteiger charge is 2.16. The third-order valence-corrected chi connectivity index (χ3v) is 5.48. The fourth-order valence-electron chi connectivity index (χ4n) is 2.89. The maximum absolute atomic E-state index is 11.4. The zero-order valence-corrected chi connectivity index (χ0v) is 15.4. The lowest BCUT2D eigenvalue weighted by Gasteiger charge is -2.11. The number of carboxylic acids is 1. The van der Waals surface area contributed by atoms with E-state index in [1.807, 2.05) is 22.8 Å². The van der Waals surface area contributed by atoms with E-state index in [-0.39, 0.29) is 6.61 Å². The lowest BCUT2D eigenvalue weighted by molar-refractivity contribution is 0.0699. The van der Waals surface area contributed by atoms with Crippen molar-refractivity contribution < 1.29 is 15.0 Å². The van der Waals surface area contributed by atoms with Crippen LogP contribution < -0.4 is 0 Å². The van der Waals surface area contributed by atoms with Gasteiger partial charge in [0.05, 0.1) is 17.9 Å². The van der Waals surface area contributed by atoms with Gasteiger partial charge >= 0.3 is 5.97 Å². The van der Waals surface area contributed by atoms with Crippen molar-refractivity contribution in [1.82, 2.24) is 9.55 Å². The zero-order valence-electron chi connectivity index (χ0n) is 13.8. The maximum Gasteiger partial charge on any atom is 0.337 e. The van der Waals surface area contributed by atoms with E-state index < -0.39 is 5.97 Å². The molecule has 2 N–H and O–H groups in total. The summed E-state index contributed by atoms with van der Waals surface area (Å²) in [5.74, 6) is -0.0754. The second-order valence-electron chi connectivity index (χ2n) is 5.90. The minimum absolute atomic E-state index is 0.182. The molecule has 0 unspecified atom stereocenters. The molecular weight excluding hydrogens is 360 g/mol. The second-order valence-corrected chi connectivity index (χ2v) is 7.17. The number of nitrogens with zero attached hydrogens (tertiary/aromatic N) is 2. The second kappa shape index (κ2) is 7.56. The summed E-state index contributed by atoms with van der Waals surface area (Å²) >= 11 is 7.59. The number of halogens is 1. The van der Waals surface area contributed by atoms with Gasteiger partial charge in [-0.3, -0.25) is 0 Å². The Hall–Kier alpha value is -1.89. The van der Waals surface area contributed by atoms with Crippen molar-refractivity contribution in [1.29, 1.82) is 0 Å². The van der Waals surface area contributed by atoms with Crippen LogP contribution in [0.4, 0.5) is 0 Å². The smallest absolute Gasteiger partial charge is 0.337 e. The van der Waals surface area contributed by atoms with Gasteiger partial charge in [-0.2, -0.15) is 0 Å². The summed E-state index contributed by atoms with van der Waals surface area (Å²) in [6, 6.07) is 5.81. The summed E-state index contributed by atoms with van der Waals surface area (Å²) < 4.78 is 2.88. The average Bonchev–Trinajstić information content (AvgIpc) is 3.13. The van der Waals surface area contributed by atoms with Crippen LogP contribution >= 0.6 is 22.9 Å². The zero-order chi connectivity index (χ0) is 18.0. The Morgan fingerprint density at radius 2 is 2.20 bits per heavy atom. The van der Waals surface area contributed by atoms with E-state index in [1.54, 1.807) is 5.38 Å². The summed E-state index contributed by atoms with van der Waals surface area (Å²) in [7, 11) is 0. The molecule has 0 saturated carbocycles. The van der Waals surface area contributed by atoms with Crippen LogP contribution in [0, 0.1) is 0 Å². The molecule has 0 saturated heterocycles. The third kappa shape index (κ3) is 3.56. The first kappa shape index (κ1) is 17.9. The number of aliphatic hydroxyl groups is 1. The molecule has 25 heavy (non-hydrogen) atoms. The van der Waals surface area contributed by atoms with Gasteiger partial charge in [-0.25, -0.2) is 9.78 Å². The van der Waals surface area contributed by atoms with Crippen LogP contribution in [0.2, 0.25) is 5.15 Å². The Morgan fingerprint density at radius 3 is 2.88 bits per heavy atom. The van der Waals surface area contributed by atoms with E-state index in [2.05, 4.69) is 11.9 Å². The van der Waals surface area contributed by atoms with Gasteiger partial charge in [0, 0.05) is 28.4 Å². The molecule has 0 aliphatic heterocycles. The number of hydrogen-bond donors (Lipinski definition) is 2. The quantitative estimate of drug-likeness (QED) is 0.641. The van der Waals surface area contributed by atoms with Crippen LogP contribution in [-0.4, -0.2) is 25.7 Å². The standard InChI is InChI=1S/C18H19ClN2O3S/c1-2-3-4-16-20-17(19)14(9-22)21(16)8-11-5-6-15-12(7-11)13(10-25-15)18(23)24/h5-7,10,22H,2-4,8-9H2,1H3,(H,23,24). The van der Waals surface area contributed by atoms with Gasteiger partial charge in [0.15, 0.2) is 5.15 Å². The van der Waals surface area contributed by atoms with E-state index in [4.69, 9.17) is 11.6 Å². The fourth-order valence-corrected chi connectivity index (χ4v) is 4.07. The number of benzene rings is 1. The number of imidazole rings is 1. The molecule has 3 aromatic rings. The van der Waals surface area contributed by atoms with Crippen molar-refractivity contribution >= 4 is 39.0 Å². The Bertz CT molecular complexity index is 917. The third-order valence-electron chi connectivity index (χ3n) is 4.22. The molecule has 2 heterocycles. The van der Waals surface area contributed by atoms with Crippen LogP contribution in [0.25, 0.3) is 10.1 Å². The normalized spacial score (nSPS) is 11.3. The highest BCUT2D eigenvalue weighted by molar-refractivity contribution is 7.17. The maximum atomic E-state index is 11.4. The number of thiophene rings is 1. The monoisotopic (exact) mass is 378 g/mol. The Morgan fingerprint density at radius 1 is 1.40 bits per heavy atom. The first-order valence-electron chi connectivity index (χ1n) is 8.13. The van der Waals surface area contributed by atoms with Crippen LogP contribution in [0.3, 0.4) is 0 Å². The summed E-state index contributed by atoms with van der Waals surface area (Å²) in [5.41, 5.74) is 1.87. The highest BCUT2D eigenvalue weighted by Crippen LogP contribution is 2.28. The number of aromatic nitrogens is 2. The lowest BCUT2D eigenvalue weighted by atomic mass is 10.1. The van der Waals surface area contributed by atoms with Crippen molar-refractivity contribution in [3.8, 4) is 0 Å². The van der Waals surface area contributed by atoms with Crippen LogP contribution in [0.1, 0.15) is 47.2 Å². The molecule has 7 heteroatoms. The molecule has 0 aliphatic carbocycles. The first-order chi connectivity index (χ1) is 12.0. The Labute approximate surface area is 154 Å². The number of aromatic carboxylic acids is 1. The molecular formula is C18H19ClN2O3S. The van der Waals surface area contributed by atoms with Crippen molar-refractivity contribution in [2.24, 2.45) is 0 Å². The number of unbranched alkanes of at least 4 members (excludes halogenated alkanes) is 1. The fraction of sp³-hybridized carbons (Fsp3) is 0.333. The predicted octanol–water partition coefficient (Wildman–Crippen LogP) is 4.33. The molecule has 0 aliphatic rings. The van der Waals surface area contributed by atoms with E-state index in [9.17, 15) is 15.0 Å². The molecule has 0 radical (unpaired) electrons. The van der Waals surface area contributed by atoms with Gasteiger partial charge in [0.25, 0.3) is 0 Å². The minimum atomic E-state index is -0.922. The van der Waals surface area contributed by atoms with Gasteiger partial charge in [-0.1, -0.05) is 31.0 Å². The van der Waals surface area contributed by atoms with Gasteiger partial charge < -0.3 is 14.8 Å². The summed E-state index contributed by atoms with van der Waals surface area (Å²) in [6.07, 6.45) is 2.82. The van der Waals surface area contributed by atoms with Crippen molar-refractivity contribution in [2.45, 2.75) is 39.3 Å². The molecule has 5 nitrogen and oxygen atoms in total. The number of rotatable bonds is 7. The Balaban J connectivity index is 2.00.